The van der Waals surface area contributed by atoms with Crippen LogP contribution in [0.4, 0.5) is 0 Å². The van der Waals surface area contributed by atoms with Gasteiger partial charge in [0, 0.05) is 11.5 Å². The minimum Gasteiger partial charge on any atom is -0.497 e. The Labute approximate surface area is 95.4 Å². The molecule has 2 rings (SSSR count). The highest BCUT2D eigenvalue weighted by Gasteiger charge is 2.28. The molecule has 1 aliphatic rings. The number of rotatable bonds is 3. The summed E-state index contributed by atoms with van der Waals surface area (Å²) in [6.07, 6.45) is 1.03. The molecule has 1 saturated heterocycles. The van der Waals surface area contributed by atoms with Gasteiger partial charge in [-0.15, -0.1) is 0 Å². The molecule has 1 fully saturated rings. The molecular formula is C13H16O3. The first kappa shape index (κ1) is 11.1. The topological polar surface area (TPSA) is 35.5 Å². The Kier molecular flexibility index (Phi) is 3.25. The molecule has 1 aliphatic heterocycles. The summed E-state index contributed by atoms with van der Waals surface area (Å²) < 4.78 is 10.5. The molecule has 86 valence electrons. The number of methoxy groups -OCH3 is 1. The van der Waals surface area contributed by atoms with Crippen LogP contribution >= 0.6 is 0 Å². The first-order valence-electron chi connectivity index (χ1n) is 5.50. The Bertz CT molecular complexity index is 369. The van der Waals surface area contributed by atoms with Gasteiger partial charge in [0.25, 0.3) is 0 Å². The zero-order valence-corrected chi connectivity index (χ0v) is 9.60. The van der Waals surface area contributed by atoms with Gasteiger partial charge >= 0.3 is 0 Å². The number of ketones is 1. The molecule has 1 heterocycles. The van der Waals surface area contributed by atoms with Gasteiger partial charge in [-0.3, -0.25) is 4.79 Å². The molecule has 0 spiro atoms. The standard InChI is InChI=1S/C13H16O3/c1-9-7-11(8-16-9)13(14)10-3-5-12(15-2)6-4-10/h3-6,9,11H,7-8H2,1-2H3. The van der Waals surface area contributed by atoms with Crippen molar-refractivity contribution in [1.29, 1.82) is 0 Å². The third-order valence-corrected chi connectivity index (χ3v) is 2.94. The number of carbonyl (C=O) groups is 1. The molecular weight excluding hydrogens is 204 g/mol. The molecule has 3 heteroatoms. The third-order valence-electron chi connectivity index (χ3n) is 2.94. The van der Waals surface area contributed by atoms with Gasteiger partial charge in [-0.2, -0.15) is 0 Å². The maximum atomic E-state index is 12.1. The molecule has 2 unspecified atom stereocenters. The minimum atomic E-state index is 0.0170. The van der Waals surface area contributed by atoms with Crippen LogP contribution in [0.3, 0.4) is 0 Å². The lowest BCUT2D eigenvalue weighted by atomic mass is 9.95. The third kappa shape index (κ3) is 2.25. The predicted molar refractivity (Wildman–Crippen MR) is 60.8 cm³/mol. The summed E-state index contributed by atoms with van der Waals surface area (Å²) in [5, 5.41) is 0. The molecule has 1 aromatic carbocycles. The number of Topliss-reactive ketones (excluding diaryl/α,β-unsaturated/α-hetero) is 1. The average Bonchev–Trinajstić information content (AvgIpc) is 2.75. The Hall–Kier alpha value is -1.35. The number of carbonyl (C=O) groups excluding carboxylic acids is 1. The van der Waals surface area contributed by atoms with E-state index >= 15 is 0 Å². The first-order chi connectivity index (χ1) is 7.70. The SMILES string of the molecule is COc1ccc(C(=O)C2COC(C)C2)cc1. The van der Waals surface area contributed by atoms with Crippen molar-refractivity contribution in [3.05, 3.63) is 29.8 Å². The van der Waals surface area contributed by atoms with Crippen LogP contribution in [0.15, 0.2) is 24.3 Å². The number of hydrogen-bond acceptors (Lipinski definition) is 3. The number of benzene rings is 1. The van der Waals surface area contributed by atoms with E-state index < -0.39 is 0 Å². The number of hydrogen-bond donors (Lipinski definition) is 0. The number of ether oxygens (including phenoxy) is 2. The molecule has 1 aromatic rings. The van der Waals surface area contributed by atoms with Gasteiger partial charge in [0.2, 0.25) is 0 Å². The zero-order chi connectivity index (χ0) is 11.5. The summed E-state index contributed by atoms with van der Waals surface area (Å²) in [6.45, 7) is 2.55. The largest absolute Gasteiger partial charge is 0.497 e. The summed E-state index contributed by atoms with van der Waals surface area (Å²) in [6, 6.07) is 7.24. The average molecular weight is 220 g/mol. The fourth-order valence-corrected chi connectivity index (χ4v) is 1.99. The molecule has 0 aromatic heterocycles. The van der Waals surface area contributed by atoms with Crippen molar-refractivity contribution in [2.24, 2.45) is 5.92 Å². The predicted octanol–water partition coefficient (Wildman–Crippen LogP) is 2.30. The van der Waals surface area contributed by atoms with Crippen molar-refractivity contribution in [3.8, 4) is 5.75 Å². The Morgan fingerprint density at radius 3 is 2.56 bits per heavy atom. The van der Waals surface area contributed by atoms with Crippen molar-refractivity contribution in [2.45, 2.75) is 19.4 Å². The van der Waals surface area contributed by atoms with Crippen LogP contribution in [-0.4, -0.2) is 25.6 Å². The molecule has 3 nitrogen and oxygen atoms in total. The lowest BCUT2D eigenvalue weighted by molar-refractivity contribution is 0.0877. The Morgan fingerprint density at radius 1 is 1.38 bits per heavy atom. The Balaban J connectivity index is 2.08. The van der Waals surface area contributed by atoms with E-state index in [0.717, 1.165) is 17.7 Å². The van der Waals surface area contributed by atoms with Gasteiger partial charge in [0.05, 0.1) is 19.8 Å². The molecule has 0 radical (unpaired) electrons. The molecule has 2 atom stereocenters. The highest BCUT2D eigenvalue weighted by molar-refractivity contribution is 5.98. The van der Waals surface area contributed by atoms with E-state index in [9.17, 15) is 4.79 Å². The van der Waals surface area contributed by atoms with E-state index in [1.165, 1.54) is 0 Å². The van der Waals surface area contributed by atoms with Gasteiger partial charge in [-0.05, 0) is 37.6 Å². The maximum Gasteiger partial charge on any atom is 0.168 e. The summed E-state index contributed by atoms with van der Waals surface area (Å²) in [5.74, 6) is 0.961. The van der Waals surface area contributed by atoms with Gasteiger partial charge in [0.15, 0.2) is 5.78 Å². The van der Waals surface area contributed by atoms with Crippen molar-refractivity contribution in [2.75, 3.05) is 13.7 Å². The van der Waals surface area contributed by atoms with Gasteiger partial charge in [-0.25, -0.2) is 0 Å². The van der Waals surface area contributed by atoms with Gasteiger partial charge in [0.1, 0.15) is 5.75 Å². The summed E-state index contributed by atoms with van der Waals surface area (Å²) in [7, 11) is 1.61. The maximum absolute atomic E-state index is 12.1. The van der Waals surface area contributed by atoms with E-state index in [2.05, 4.69) is 0 Å². The van der Waals surface area contributed by atoms with Crippen LogP contribution in [-0.2, 0) is 4.74 Å². The molecule has 16 heavy (non-hydrogen) atoms. The van der Waals surface area contributed by atoms with Crippen molar-refractivity contribution >= 4 is 5.78 Å². The van der Waals surface area contributed by atoms with E-state index in [-0.39, 0.29) is 17.8 Å². The van der Waals surface area contributed by atoms with Gasteiger partial charge in [-0.1, -0.05) is 0 Å². The molecule has 0 saturated carbocycles. The smallest absolute Gasteiger partial charge is 0.168 e. The van der Waals surface area contributed by atoms with Crippen LogP contribution in [0, 0.1) is 5.92 Å². The van der Waals surface area contributed by atoms with E-state index in [1.807, 2.05) is 31.2 Å². The lowest BCUT2D eigenvalue weighted by Crippen LogP contribution is -2.14. The van der Waals surface area contributed by atoms with E-state index in [4.69, 9.17) is 9.47 Å². The van der Waals surface area contributed by atoms with E-state index in [1.54, 1.807) is 7.11 Å². The summed E-state index contributed by atoms with van der Waals surface area (Å²) in [5.41, 5.74) is 0.739. The second-order valence-electron chi connectivity index (χ2n) is 4.17. The van der Waals surface area contributed by atoms with Crippen LogP contribution < -0.4 is 4.74 Å². The van der Waals surface area contributed by atoms with Crippen molar-refractivity contribution in [1.82, 2.24) is 0 Å². The fraction of sp³-hybridized carbons (Fsp3) is 0.462. The summed E-state index contributed by atoms with van der Waals surface area (Å²) >= 11 is 0. The normalized spacial score (nSPS) is 24.4. The summed E-state index contributed by atoms with van der Waals surface area (Å²) in [4.78, 5) is 12.1. The van der Waals surface area contributed by atoms with Crippen LogP contribution in [0.1, 0.15) is 23.7 Å². The van der Waals surface area contributed by atoms with E-state index in [0.29, 0.717) is 6.61 Å². The molecule has 0 amide bonds. The second kappa shape index (κ2) is 4.66. The van der Waals surface area contributed by atoms with Crippen LogP contribution in [0.25, 0.3) is 0 Å². The van der Waals surface area contributed by atoms with Crippen molar-refractivity contribution < 1.29 is 14.3 Å². The minimum absolute atomic E-state index is 0.0170. The molecule has 0 bridgehead atoms. The monoisotopic (exact) mass is 220 g/mol. The van der Waals surface area contributed by atoms with Crippen LogP contribution in [0.5, 0.6) is 5.75 Å². The van der Waals surface area contributed by atoms with Crippen molar-refractivity contribution in [3.63, 3.8) is 0 Å². The molecule has 0 N–H and O–H groups in total. The Morgan fingerprint density at radius 2 is 2.06 bits per heavy atom. The molecule has 0 aliphatic carbocycles. The highest BCUT2D eigenvalue weighted by atomic mass is 16.5. The second-order valence-corrected chi connectivity index (χ2v) is 4.17. The fourth-order valence-electron chi connectivity index (χ4n) is 1.99. The zero-order valence-electron chi connectivity index (χ0n) is 9.60. The first-order valence-corrected chi connectivity index (χ1v) is 5.50. The quantitative estimate of drug-likeness (QED) is 0.733. The lowest BCUT2D eigenvalue weighted by Gasteiger charge is -2.07. The highest BCUT2D eigenvalue weighted by Crippen LogP contribution is 2.24. The van der Waals surface area contributed by atoms with Crippen LogP contribution in [0.2, 0.25) is 0 Å². The van der Waals surface area contributed by atoms with Gasteiger partial charge < -0.3 is 9.47 Å².